The molecule has 1 heterocycles. The van der Waals surface area contributed by atoms with Crippen molar-refractivity contribution < 1.29 is 23.4 Å². The molecule has 4 aromatic carbocycles. The van der Waals surface area contributed by atoms with Crippen LogP contribution in [0.3, 0.4) is 0 Å². The van der Waals surface area contributed by atoms with Crippen LogP contribution in [-0.2, 0) is 6.18 Å². The topological polar surface area (TPSA) is 58.3 Å². The van der Waals surface area contributed by atoms with Crippen molar-refractivity contribution in [1.29, 1.82) is 0 Å². The fourth-order valence-corrected chi connectivity index (χ4v) is 4.23. The zero-order valence-corrected chi connectivity index (χ0v) is 19.3. The van der Waals surface area contributed by atoms with E-state index >= 15 is 0 Å². The number of aromatic hydroxyl groups is 2. The third-order valence-electron chi connectivity index (χ3n) is 5.73. The number of phenolic OH excluding ortho intramolecular Hbond substituents is 2. The summed E-state index contributed by atoms with van der Waals surface area (Å²) in [4.78, 5) is 0. The second-order valence-electron chi connectivity index (χ2n) is 8.11. The van der Waals surface area contributed by atoms with Crippen molar-refractivity contribution in [3.63, 3.8) is 0 Å². The number of hydrogen-bond donors (Lipinski definition) is 2. The number of halogens is 4. The van der Waals surface area contributed by atoms with Crippen molar-refractivity contribution in [2.75, 3.05) is 0 Å². The van der Waals surface area contributed by atoms with Gasteiger partial charge in [-0.2, -0.15) is 18.3 Å². The summed E-state index contributed by atoms with van der Waals surface area (Å²) >= 11 is 6.44. The van der Waals surface area contributed by atoms with E-state index in [2.05, 4.69) is 0 Å². The highest BCUT2D eigenvalue weighted by Crippen LogP contribution is 2.43. The first-order valence-corrected chi connectivity index (χ1v) is 11.2. The van der Waals surface area contributed by atoms with Gasteiger partial charge in [-0.15, -0.1) is 0 Å². The molecule has 4 nitrogen and oxygen atoms in total. The van der Waals surface area contributed by atoms with Crippen LogP contribution < -0.4 is 0 Å². The fourth-order valence-electron chi connectivity index (χ4n) is 4.03. The molecule has 0 aliphatic heterocycles. The molecule has 5 rings (SSSR count). The van der Waals surface area contributed by atoms with Crippen LogP contribution in [0.4, 0.5) is 13.2 Å². The molecule has 0 unspecified atom stereocenters. The number of benzene rings is 4. The predicted molar refractivity (Wildman–Crippen MR) is 133 cm³/mol. The fraction of sp³-hybridized carbons (Fsp3) is 0.0357. The predicted octanol–water partition coefficient (Wildman–Crippen LogP) is 7.96. The summed E-state index contributed by atoms with van der Waals surface area (Å²) in [6.45, 7) is 0. The largest absolute Gasteiger partial charge is 0.508 e. The van der Waals surface area contributed by atoms with E-state index in [0.717, 1.165) is 17.7 Å². The lowest BCUT2D eigenvalue weighted by Crippen LogP contribution is -2.08. The van der Waals surface area contributed by atoms with E-state index in [1.54, 1.807) is 24.3 Å². The number of rotatable bonds is 4. The van der Waals surface area contributed by atoms with Crippen LogP contribution in [0.1, 0.15) is 5.56 Å². The van der Waals surface area contributed by atoms with E-state index in [1.165, 1.54) is 35.0 Å². The Kier molecular flexibility index (Phi) is 5.94. The Morgan fingerprint density at radius 2 is 1.28 bits per heavy atom. The first-order chi connectivity index (χ1) is 17.2. The van der Waals surface area contributed by atoms with Crippen molar-refractivity contribution in [3.8, 4) is 50.8 Å². The van der Waals surface area contributed by atoms with Crippen LogP contribution in [0, 0.1) is 0 Å². The SMILES string of the molecule is Oc1ccc(-c2nn(-c3cc(C(F)(F)F)ccc3Cl)c(-c3ccc(O)cc3)c2-c2ccccc2)cc1. The molecule has 0 bridgehead atoms. The number of phenols is 2. The number of alkyl halides is 3. The minimum Gasteiger partial charge on any atom is -0.508 e. The highest BCUT2D eigenvalue weighted by atomic mass is 35.5. The maximum Gasteiger partial charge on any atom is 0.416 e. The van der Waals surface area contributed by atoms with Crippen LogP contribution in [0.2, 0.25) is 5.02 Å². The third-order valence-corrected chi connectivity index (χ3v) is 6.05. The van der Waals surface area contributed by atoms with E-state index < -0.39 is 11.7 Å². The highest BCUT2D eigenvalue weighted by Gasteiger charge is 2.32. The number of nitrogens with zero attached hydrogens (tertiary/aromatic N) is 2. The third kappa shape index (κ3) is 4.41. The zero-order chi connectivity index (χ0) is 25.4. The van der Waals surface area contributed by atoms with Gasteiger partial charge in [-0.25, -0.2) is 4.68 Å². The highest BCUT2D eigenvalue weighted by molar-refractivity contribution is 6.32. The molecule has 0 saturated carbocycles. The molecule has 36 heavy (non-hydrogen) atoms. The average molecular weight is 507 g/mol. The Hall–Kier alpha value is -4.23. The summed E-state index contributed by atoms with van der Waals surface area (Å²) in [5.41, 5.74) is 2.85. The Labute approximate surface area is 209 Å². The molecule has 1 aromatic heterocycles. The zero-order valence-electron chi connectivity index (χ0n) is 18.5. The Bertz CT molecular complexity index is 1530. The van der Waals surface area contributed by atoms with E-state index in [4.69, 9.17) is 16.7 Å². The molecule has 180 valence electrons. The molecule has 0 fully saturated rings. The maximum absolute atomic E-state index is 13.6. The summed E-state index contributed by atoms with van der Waals surface area (Å²) in [6.07, 6.45) is -4.58. The molecule has 2 N–H and O–H groups in total. The Balaban J connectivity index is 1.90. The number of hydrogen-bond acceptors (Lipinski definition) is 3. The van der Waals surface area contributed by atoms with Gasteiger partial charge in [-0.3, -0.25) is 0 Å². The van der Waals surface area contributed by atoms with Gasteiger partial charge in [0.25, 0.3) is 0 Å². The average Bonchev–Trinajstić information content (AvgIpc) is 3.25. The monoisotopic (exact) mass is 506 g/mol. The van der Waals surface area contributed by atoms with Gasteiger partial charge in [0.1, 0.15) is 17.2 Å². The second kappa shape index (κ2) is 9.09. The molecular formula is C28H18ClF3N2O2. The van der Waals surface area contributed by atoms with E-state index in [0.29, 0.717) is 28.1 Å². The van der Waals surface area contributed by atoms with Crippen LogP contribution >= 0.6 is 11.6 Å². The Morgan fingerprint density at radius 3 is 1.86 bits per heavy atom. The molecular weight excluding hydrogens is 489 g/mol. The Morgan fingerprint density at radius 1 is 0.694 bits per heavy atom. The first kappa shape index (κ1) is 23.5. The van der Waals surface area contributed by atoms with E-state index in [1.807, 2.05) is 30.3 Å². The van der Waals surface area contributed by atoms with Gasteiger partial charge >= 0.3 is 6.18 Å². The lowest BCUT2D eigenvalue weighted by atomic mass is 9.95. The van der Waals surface area contributed by atoms with Gasteiger partial charge < -0.3 is 10.2 Å². The van der Waals surface area contributed by atoms with Crippen LogP contribution in [0.5, 0.6) is 11.5 Å². The summed E-state index contributed by atoms with van der Waals surface area (Å²) in [7, 11) is 0. The molecule has 5 aromatic rings. The minimum absolute atomic E-state index is 0.0435. The van der Waals surface area contributed by atoms with Crippen LogP contribution in [-0.4, -0.2) is 20.0 Å². The van der Waals surface area contributed by atoms with Gasteiger partial charge in [0.2, 0.25) is 0 Å². The van der Waals surface area contributed by atoms with Gasteiger partial charge in [-0.05, 0) is 72.3 Å². The summed E-state index contributed by atoms with van der Waals surface area (Å²) in [6, 6.07) is 25.1. The number of aromatic nitrogens is 2. The van der Waals surface area contributed by atoms with Crippen molar-refractivity contribution in [2.24, 2.45) is 0 Å². The molecule has 0 amide bonds. The lowest BCUT2D eigenvalue weighted by molar-refractivity contribution is -0.137. The summed E-state index contributed by atoms with van der Waals surface area (Å²) in [5.74, 6) is 0.112. The van der Waals surface area contributed by atoms with Crippen molar-refractivity contribution >= 4 is 11.6 Å². The second-order valence-corrected chi connectivity index (χ2v) is 8.51. The van der Waals surface area contributed by atoms with Gasteiger partial charge in [0.05, 0.1) is 22.0 Å². The smallest absolute Gasteiger partial charge is 0.416 e. The van der Waals surface area contributed by atoms with Crippen LogP contribution in [0.15, 0.2) is 97.1 Å². The van der Waals surface area contributed by atoms with Gasteiger partial charge in [0.15, 0.2) is 0 Å². The molecule has 8 heteroatoms. The standard InChI is InChI=1S/C28H18ClF3N2O2/c29-23-15-10-20(28(30,31)32)16-24(23)34-27(19-8-13-22(36)14-9-19)25(17-4-2-1-3-5-17)26(33-34)18-6-11-21(35)12-7-18/h1-16,35-36H. The summed E-state index contributed by atoms with van der Waals surface area (Å²) < 4.78 is 42.2. The molecule has 0 aliphatic rings. The lowest BCUT2D eigenvalue weighted by Gasteiger charge is -2.14. The minimum atomic E-state index is -4.58. The quantitative estimate of drug-likeness (QED) is 0.260. The van der Waals surface area contributed by atoms with Gasteiger partial charge in [-0.1, -0.05) is 41.9 Å². The molecule has 0 saturated heterocycles. The van der Waals surface area contributed by atoms with E-state index in [-0.39, 0.29) is 22.2 Å². The van der Waals surface area contributed by atoms with E-state index in [9.17, 15) is 23.4 Å². The molecule has 0 aliphatic carbocycles. The molecule has 0 atom stereocenters. The first-order valence-electron chi connectivity index (χ1n) is 10.9. The van der Waals surface area contributed by atoms with Gasteiger partial charge in [0, 0.05) is 16.7 Å². The molecule has 0 spiro atoms. The maximum atomic E-state index is 13.6. The summed E-state index contributed by atoms with van der Waals surface area (Å²) in [5, 5.41) is 24.5. The van der Waals surface area contributed by atoms with Crippen LogP contribution in [0.25, 0.3) is 39.3 Å². The van der Waals surface area contributed by atoms with Crippen molar-refractivity contribution in [2.45, 2.75) is 6.18 Å². The normalized spacial score (nSPS) is 11.6. The molecule has 0 radical (unpaired) electrons. The van der Waals surface area contributed by atoms with Crippen molar-refractivity contribution in [1.82, 2.24) is 9.78 Å². The van der Waals surface area contributed by atoms with Crippen molar-refractivity contribution in [3.05, 3.63) is 108 Å².